The van der Waals surface area contributed by atoms with Crippen LogP contribution in [0.2, 0.25) is 5.02 Å². The molecule has 11 heavy (non-hydrogen) atoms. The van der Waals surface area contributed by atoms with Gasteiger partial charge in [0.15, 0.2) is 5.52 Å². The molecular formula is C5H3ClN4O. The normalized spacial score (nSPS) is 10.6. The van der Waals surface area contributed by atoms with Crippen molar-refractivity contribution in [1.82, 2.24) is 19.8 Å². The Hall–Kier alpha value is -1.36. The van der Waals surface area contributed by atoms with E-state index >= 15 is 0 Å². The van der Waals surface area contributed by atoms with E-state index in [1.54, 1.807) is 0 Å². The summed E-state index contributed by atoms with van der Waals surface area (Å²) in [7, 11) is 0. The number of rotatable bonds is 0. The molecule has 2 aromatic heterocycles. The van der Waals surface area contributed by atoms with Crippen molar-refractivity contribution in [3.63, 3.8) is 0 Å². The lowest BCUT2D eigenvalue weighted by Crippen LogP contribution is -2.11. The smallest absolute Gasteiger partial charge is 0.265 e. The highest BCUT2D eigenvalue weighted by Crippen LogP contribution is 2.09. The Morgan fingerprint density at radius 1 is 1.64 bits per heavy atom. The van der Waals surface area contributed by atoms with E-state index in [1.807, 2.05) is 0 Å². The van der Waals surface area contributed by atoms with E-state index in [0.29, 0.717) is 10.5 Å². The molecule has 0 aliphatic rings. The number of hydrogen-bond acceptors (Lipinski definition) is 3. The van der Waals surface area contributed by atoms with Crippen LogP contribution < -0.4 is 5.56 Å². The van der Waals surface area contributed by atoms with Crippen molar-refractivity contribution in [3.8, 4) is 0 Å². The van der Waals surface area contributed by atoms with Gasteiger partial charge in [-0.05, 0) is 0 Å². The van der Waals surface area contributed by atoms with Crippen molar-refractivity contribution in [3.05, 3.63) is 27.9 Å². The average Bonchev–Trinajstić information content (AvgIpc) is 2.34. The molecule has 2 aromatic rings. The third-order valence-corrected chi connectivity index (χ3v) is 1.58. The number of H-pyrrole nitrogens is 1. The fourth-order valence-electron chi connectivity index (χ4n) is 0.836. The zero-order valence-electron chi connectivity index (χ0n) is 5.28. The first kappa shape index (κ1) is 6.36. The van der Waals surface area contributed by atoms with Crippen LogP contribution in [0.3, 0.4) is 0 Å². The fourth-order valence-corrected chi connectivity index (χ4v) is 1.05. The predicted molar refractivity (Wildman–Crippen MR) is 38.6 cm³/mol. The lowest BCUT2D eigenvalue weighted by Gasteiger charge is -1.87. The second-order valence-electron chi connectivity index (χ2n) is 1.97. The Labute approximate surface area is 65.6 Å². The van der Waals surface area contributed by atoms with Gasteiger partial charge >= 0.3 is 0 Å². The number of fused-ring (bicyclic) bond motifs is 1. The van der Waals surface area contributed by atoms with Gasteiger partial charge in [0.1, 0.15) is 6.33 Å². The lowest BCUT2D eigenvalue weighted by atomic mass is 10.5. The van der Waals surface area contributed by atoms with Crippen LogP contribution in [-0.4, -0.2) is 19.8 Å². The highest BCUT2D eigenvalue weighted by Gasteiger charge is 2.03. The van der Waals surface area contributed by atoms with Crippen molar-refractivity contribution in [1.29, 1.82) is 0 Å². The number of nitrogens with zero attached hydrogens (tertiary/aromatic N) is 3. The third kappa shape index (κ3) is 0.813. The van der Waals surface area contributed by atoms with Crippen LogP contribution in [0.15, 0.2) is 17.3 Å². The van der Waals surface area contributed by atoms with E-state index in [9.17, 15) is 4.79 Å². The number of nitrogens with one attached hydrogen (secondary N) is 1. The highest BCUT2D eigenvalue weighted by molar-refractivity contribution is 6.33. The van der Waals surface area contributed by atoms with Crippen molar-refractivity contribution in [2.24, 2.45) is 0 Å². The first-order chi connectivity index (χ1) is 5.29. The van der Waals surface area contributed by atoms with Gasteiger partial charge in [0.25, 0.3) is 5.56 Å². The summed E-state index contributed by atoms with van der Waals surface area (Å²) >= 11 is 5.65. The number of aromatic nitrogens is 4. The molecule has 0 radical (unpaired) electrons. The summed E-state index contributed by atoms with van der Waals surface area (Å²) in [5.41, 5.74) is -0.0170. The molecule has 0 atom stereocenters. The Morgan fingerprint density at radius 3 is 3.18 bits per heavy atom. The summed E-state index contributed by atoms with van der Waals surface area (Å²) in [4.78, 5) is 11.0. The molecule has 2 rings (SSSR count). The van der Waals surface area contributed by atoms with Gasteiger partial charge in [-0.15, -0.1) is 0 Å². The Balaban J connectivity index is 3.08. The van der Waals surface area contributed by atoms with Gasteiger partial charge in [-0.25, -0.2) is 9.61 Å². The Bertz CT molecular complexity index is 445. The SMILES string of the molecule is O=c1[nH]ncn2ncc(Cl)c12. The largest absolute Gasteiger partial charge is 0.291 e. The van der Waals surface area contributed by atoms with Gasteiger partial charge in [0.05, 0.1) is 11.2 Å². The van der Waals surface area contributed by atoms with Crippen LogP contribution >= 0.6 is 11.6 Å². The van der Waals surface area contributed by atoms with Crippen LogP contribution in [0, 0.1) is 0 Å². The van der Waals surface area contributed by atoms with E-state index in [0.717, 1.165) is 0 Å². The molecule has 0 aromatic carbocycles. The van der Waals surface area contributed by atoms with Gasteiger partial charge < -0.3 is 0 Å². The van der Waals surface area contributed by atoms with Crippen molar-refractivity contribution < 1.29 is 0 Å². The topological polar surface area (TPSA) is 63.0 Å². The monoisotopic (exact) mass is 170 g/mol. The van der Waals surface area contributed by atoms with E-state index in [4.69, 9.17) is 11.6 Å². The van der Waals surface area contributed by atoms with E-state index < -0.39 is 0 Å². The molecule has 56 valence electrons. The maximum absolute atomic E-state index is 11.0. The maximum atomic E-state index is 11.0. The molecule has 2 heterocycles. The summed E-state index contributed by atoms with van der Waals surface area (Å²) in [6, 6.07) is 0. The molecule has 0 fully saturated rings. The zero-order valence-corrected chi connectivity index (χ0v) is 6.04. The minimum absolute atomic E-state index is 0.321. The zero-order chi connectivity index (χ0) is 7.84. The number of hydrogen-bond donors (Lipinski definition) is 1. The average molecular weight is 171 g/mol. The molecule has 5 nitrogen and oxygen atoms in total. The van der Waals surface area contributed by atoms with Crippen LogP contribution in [0.4, 0.5) is 0 Å². The molecule has 0 amide bonds. The summed E-state index contributed by atoms with van der Waals surface area (Å²) in [5, 5.41) is 9.89. The van der Waals surface area contributed by atoms with Crippen molar-refractivity contribution in [2.75, 3.05) is 0 Å². The van der Waals surface area contributed by atoms with Crippen molar-refractivity contribution in [2.45, 2.75) is 0 Å². The van der Waals surface area contributed by atoms with Crippen LogP contribution in [0.5, 0.6) is 0 Å². The van der Waals surface area contributed by atoms with E-state index in [1.165, 1.54) is 17.0 Å². The van der Waals surface area contributed by atoms with Gasteiger partial charge in [-0.1, -0.05) is 11.6 Å². The number of halogens is 1. The Kier molecular flexibility index (Phi) is 1.19. The van der Waals surface area contributed by atoms with Gasteiger partial charge in [-0.2, -0.15) is 10.2 Å². The summed E-state index contributed by atoms with van der Waals surface area (Å²) in [6.45, 7) is 0. The maximum Gasteiger partial charge on any atom is 0.291 e. The highest BCUT2D eigenvalue weighted by atomic mass is 35.5. The second-order valence-corrected chi connectivity index (χ2v) is 2.38. The number of aromatic amines is 1. The molecule has 1 N–H and O–H groups in total. The standard InChI is InChI=1S/C5H3ClN4O/c6-3-1-8-10-2-7-9-5(11)4(3)10/h1-2H,(H,9,11). The van der Waals surface area contributed by atoms with E-state index in [2.05, 4.69) is 15.3 Å². The Morgan fingerprint density at radius 2 is 2.45 bits per heavy atom. The first-order valence-corrected chi connectivity index (χ1v) is 3.23. The minimum atomic E-state index is -0.338. The summed E-state index contributed by atoms with van der Waals surface area (Å²) in [6.07, 6.45) is 2.77. The third-order valence-electron chi connectivity index (χ3n) is 1.30. The fraction of sp³-hybridized carbons (Fsp3) is 0. The van der Waals surface area contributed by atoms with Crippen LogP contribution in [-0.2, 0) is 0 Å². The molecule has 0 saturated carbocycles. The molecule has 0 saturated heterocycles. The quantitative estimate of drug-likeness (QED) is 0.609. The van der Waals surface area contributed by atoms with Crippen molar-refractivity contribution >= 4 is 17.1 Å². The molecule has 0 bridgehead atoms. The van der Waals surface area contributed by atoms with Gasteiger partial charge in [0, 0.05) is 0 Å². The first-order valence-electron chi connectivity index (χ1n) is 2.85. The summed E-state index contributed by atoms with van der Waals surface area (Å²) in [5.74, 6) is 0. The van der Waals surface area contributed by atoms with E-state index in [-0.39, 0.29) is 5.56 Å². The van der Waals surface area contributed by atoms with Crippen LogP contribution in [0.1, 0.15) is 0 Å². The lowest BCUT2D eigenvalue weighted by molar-refractivity contribution is 0.846. The molecular weight excluding hydrogens is 168 g/mol. The molecule has 0 aliphatic heterocycles. The molecule has 0 aliphatic carbocycles. The minimum Gasteiger partial charge on any atom is -0.265 e. The van der Waals surface area contributed by atoms with Gasteiger partial charge in [0.2, 0.25) is 0 Å². The molecule has 6 heteroatoms. The summed E-state index contributed by atoms with van der Waals surface area (Å²) < 4.78 is 1.32. The molecule has 0 unspecified atom stereocenters. The second kappa shape index (κ2) is 2.06. The predicted octanol–water partition coefficient (Wildman–Crippen LogP) is 0.0710. The molecule has 0 spiro atoms. The van der Waals surface area contributed by atoms with Crippen LogP contribution in [0.25, 0.3) is 5.52 Å². The van der Waals surface area contributed by atoms with Gasteiger partial charge in [-0.3, -0.25) is 4.79 Å².